The fourth-order valence-corrected chi connectivity index (χ4v) is 4.16. The quantitative estimate of drug-likeness (QED) is 0.387. The molecule has 0 unspecified atom stereocenters. The van der Waals surface area contributed by atoms with Gasteiger partial charge in [0, 0.05) is 5.02 Å². The van der Waals surface area contributed by atoms with Gasteiger partial charge in [-0.1, -0.05) is 35.3 Å². The van der Waals surface area contributed by atoms with E-state index in [4.69, 9.17) is 42.9 Å². The minimum absolute atomic E-state index is 0.0199. The van der Waals surface area contributed by atoms with E-state index in [9.17, 15) is 8.42 Å². The van der Waals surface area contributed by atoms with Crippen molar-refractivity contribution in [1.29, 1.82) is 0 Å². The molecule has 12 heteroatoms. The zero-order valence-corrected chi connectivity index (χ0v) is 18.9. The molecule has 170 valence electrons. The van der Waals surface area contributed by atoms with E-state index < -0.39 is 10.0 Å². The van der Waals surface area contributed by atoms with Crippen LogP contribution in [0.5, 0.6) is 11.6 Å². The maximum absolute atomic E-state index is 13.0. The molecule has 9 nitrogen and oxygen atoms in total. The Labute approximate surface area is 194 Å². The van der Waals surface area contributed by atoms with Crippen LogP contribution < -0.4 is 14.2 Å². The Balaban J connectivity index is 2.00. The lowest BCUT2D eigenvalue weighted by molar-refractivity contribution is 0.197. The molecule has 0 aliphatic carbocycles. The van der Waals surface area contributed by atoms with Crippen molar-refractivity contribution in [2.45, 2.75) is 4.90 Å². The summed E-state index contributed by atoms with van der Waals surface area (Å²) in [7, 11) is -4.11. The molecule has 0 aliphatic rings. The van der Waals surface area contributed by atoms with Gasteiger partial charge >= 0.3 is 0 Å². The van der Waals surface area contributed by atoms with E-state index in [0.717, 1.165) is 6.33 Å². The lowest BCUT2D eigenvalue weighted by Crippen LogP contribution is -2.16. The third kappa shape index (κ3) is 5.78. The van der Waals surface area contributed by atoms with Crippen molar-refractivity contribution in [3.8, 4) is 22.8 Å². The average Bonchev–Trinajstić information content (AvgIpc) is 2.77. The van der Waals surface area contributed by atoms with E-state index in [1.165, 1.54) is 18.2 Å². The van der Waals surface area contributed by atoms with Crippen LogP contribution in [0.25, 0.3) is 11.1 Å². The molecule has 0 saturated carbocycles. The predicted molar refractivity (Wildman–Crippen MR) is 120 cm³/mol. The molecule has 0 fully saturated rings. The highest BCUT2D eigenvalue weighted by atomic mass is 35.5. The Morgan fingerprint density at radius 1 is 0.938 bits per heavy atom. The molecule has 3 rings (SSSR count). The zero-order valence-electron chi connectivity index (χ0n) is 16.5. The lowest BCUT2D eigenvalue weighted by atomic mass is 10.1. The third-order valence-electron chi connectivity index (χ3n) is 4.07. The molecule has 0 amide bonds. The highest BCUT2D eigenvalue weighted by molar-refractivity contribution is 7.92. The topological polar surface area (TPSA) is 131 Å². The number of anilines is 1. The third-order valence-corrected chi connectivity index (χ3v) is 5.95. The fraction of sp³-hybridized carbons (Fsp3) is 0.200. The second kappa shape index (κ2) is 10.8. The van der Waals surface area contributed by atoms with Gasteiger partial charge in [0.2, 0.25) is 5.88 Å². The number of nitrogens with zero attached hydrogens (tertiary/aromatic N) is 2. The molecule has 1 heterocycles. The smallest absolute Gasteiger partial charge is 0.263 e. The van der Waals surface area contributed by atoms with Crippen LogP contribution >= 0.6 is 23.2 Å². The van der Waals surface area contributed by atoms with E-state index in [1.54, 1.807) is 24.3 Å². The van der Waals surface area contributed by atoms with Crippen LogP contribution in [0.1, 0.15) is 0 Å². The highest BCUT2D eigenvalue weighted by Crippen LogP contribution is 2.36. The van der Waals surface area contributed by atoms with E-state index in [-0.39, 0.29) is 59.4 Å². The number of ether oxygens (including phenoxy) is 2. The van der Waals surface area contributed by atoms with Gasteiger partial charge in [-0.25, -0.2) is 18.4 Å². The molecule has 0 aliphatic heterocycles. The predicted octanol–water partition coefficient (Wildman–Crippen LogP) is 2.99. The largest absolute Gasteiger partial charge is 0.490 e. The second-order valence-electron chi connectivity index (χ2n) is 6.25. The monoisotopic (exact) mass is 499 g/mol. The molecule has 1 aromatic heterocycles. The molecule has 0 atom stereocenters. The average molecular weight is 500 g/mol. The minimum Gasteiger partial charge on any atom is -0.490 e. The summed E-state index contributed by atoms with van der Waals surface area (Å²) in [6.45, 7) is -0.491. The summed E-state index contributed by atoms with van der Waals surface area (Å²) >= 11 is 12.1. The van der Waals surface area contributed by atoms with Crippen molar-refractivity contribution >= 4 is 39.0 Å². The minimum atomic E-state index is -4.11. The number of hydrogen-bond donors (Lipinski definition) is 3. The SMILES string of the molecule is O=S(=O)(Nc1ncnc(OCCO)c1-c1ccc(Cl)cc1)c1ccc(OCCO)c(Cl)c1. The molecule has 3 N–H and O–H groups in total. The van der Waals surface area contributed by atoms with Gasteiger partial charge in [0.15, 0.2) is 5.82 Å². The fourth-order valence-electron chi connectivity index (χ4n) is 2.68. The molecular formula is C20H19Cl2N3O6S. The normalized spacial score (nSPS) is 11.2. The molecule has 32 heavy (non-hydrogen) atoms. The summed E-state index contributed by atoms with van der Waals surface area (Å²) in [4.78, 5) is 8.01. The van der Waals surface area contributed by atoms with Crippen molar-refractivity contribution in [1.82, 2.24) is 9.97 Å². The maximum Gasteiger partial charge on any atom is 0.263 e. The number of hydrogen-bond acceptors (Lipinski definition) is 8. The summed E-state index contributed by atoms with van der Waals surface area (Å²) in [5.74, 6) is 0.287. The van der Waals surface area contributed by atoms with Crippen LogP contribution in [0.15, 0.2) is 53.7 Å². The van der Waals surface area contributed by atoms with Crippen molar-refractivity contribution in [3.63, 3.8) is 0 Å². The molecule has 2 aromatic carbocycles. The van der Waals surface area contributed by atoms with E-state index in [0.29, 0.717) is 10.6 Å². The first-order chi connectivity index (χ1) is 15.4. The second-order valence-corrected chi connectivity index (χ2v) is 8.78. The lowest BCUT2D eigenvalue weighted by Gasteiger charge is -2.15. The molecule has 3 aromatic rings. The van der Waals surface area contributed by atoms with Crippen LogP contribution in [0.2, 0.25) is 10.0 Å². The summed E-state index contributed by atoms with van der Waals surface area (Å²) in [5.41, 5.74) is 0.821. The van der Waals surface area contributed by atoms with Gasteiger partial charge in [-0.05, 0) is 35.9 Å². The first kappa shape index (κ1) is 24.0. The summed E-state index contributed by atoms with van der Waals surface area (Å²) in [5, 5.41) is 18.5. The summed E-state index contributed by atoms with van der Waals surface area (Å²) < 4.78 is 39.2. The summed E-state index contributed by atoms with van der Waals surface area (Å²) in [6.07, 6.45) is 1.14. The first-order valence-electron chi connectivity index (χ1n) is 9.26. The Bertz CT molecular complexity index is 1180. The number of sulfonamides is 1. The van der Waals surface area contributed by atoms with Crippen molar-refractivity contribution in [3.05, 3.63) is 58.8 Å². The number of rotatable bonds is 10. The van der Waals surface area contributed by atoms with Gasteiger partial charge in [-0.15, -0.1) is 0 Å². The number of aliphatic hydroxyl groups is 2. The van der Waals surface area contributed by atoms with E-state index >= 15 is 0 Å². The molecular weight excluding hydrogens is 481 g/mol. The summed E-state index contributed by atoms with van der Waals surface area (Å²) in [6, 6.07) is 10.5. The Hall–Kier alpha value is -2.63. The molecule has 0 radical (unpaired) electrons. The molecule has 0 spiro atoms. The number of aromatic nitrogens is 2. The van der Waals surface area contributed by atoms with Crippen LogP contribution in [0.3, 0.4) is 0 Å². The Kier molecular flexibility index (Phi) is 8.10. The standard InChI is InChI=1S/C20H19Cl2N3O6S/c21-14-3-1-13(2-4-14)18-19(23-12-24-20(18)31-10-8-27)25-32(28,29)15-5-6-17(16(22)11-15)30-9-7-26/h1-6,11-12,26-27H,7-10H2,(H,23,24,25). The molecule has 0 bridgehead atoms. The van der Waals surface area contributed by atoms with Crippen LogP contribution in [0, 0.1) is 0 Å². The van der Waals surface area contributed by atoms with Gasteiger partial charge in [-0.3, -0.25) is 4.72 Å². The van der Waals surface area contributed by atoms with Gasteiger partial charge < -0.3 is 19.7 Å². The number of halogens is 2. The Morgan fingerprint density at radius 2 is 1.62 bits per heavy atom. The van der Waals surface area contributed by atoms with Crippen LogP contribution in [0.4, 0.5) is 5.82 Å². The van der Waals surface area contributed by atoms with Crippen molar-refractivity contribution in [2.75, 3.05) is 31.1 Å². The van der Waals surface area contributed by atoms with E-state index in [2.05, 4.69) is 14.7 Å². The maximum atomic E-state index is 13.0. The van der Waals surface area contributed by atoms with Gasteiger partial charge in [0.05, 0.1) is 28.7 Å². The Morgan fingerprint density at radius 3 is 2.28 bits per heavy atom. The number of aliphatic hydroxyl groups excluding tert-OH is 2. The zero-order chi connectivity index (χ0) is 23.1. The first-order valence-corrected chi connectivity index (χ1v) is 11.5. The van der Waals surface area contributed by atoms with Crippen LogP contribution in [-0.4, -0.2) is 55.0 Å². The highest BCUT2D eigenvalue weighted by Gasteiger charge is 2.22. The number of benzene rings is 2. The van der Waals surface area contributed by atoms with E-state index in [1.807, 2.05) is 0 Å². The van der Waals surface area contributed by atoms with Gasteiger partial charge in [0.1, 0.15) is 25.3 Å². The van der Waals surface area contributed by atoms with Crippen molar-refractivity contribution < 1.29 is 28.1 Å². The van der Waals surface area contributed by atoms with Crippen LogP contribution in [-0.2, 0) is 10.0 Å². The number of nitrogens with one attached hydrogen (secondary N) is 1. The van der Waals surface area contributed by atoms with Crippen molar-refractivity contribution in [2.24, 2.45) is 0 Å². The molecule has 0 saturated heterocycles. The van der Waals surface area contributed by atoms with Gasteiger partial charge in [-0.2, -0.15) is 0 Å². The van der Waals surface area contributed by atoms with Gasteiger partial charge in [0.25, 0.3) is 10.0 Å².